The molecule has 0 aliphatic carbocycles. The van der Waals surface area contributed by atoms with Crippen LogP contribution in [0.1, 0.15) is 76.1 Å². The van der Waals surface area contributed by atoms with Crippen molar-refractivity contribution in [3.8, 4) is 17.1 Å². The van der Waals surface area contributed by atoms with Crippen molar-refractivity contribution in [3.63, 3.8) is 0 Å². The third kappa shape index (κ3) is 6.20. The first-order valence-corrected chi connectivity index (χ1v) is 15.4. The number of nitrogens with zero attached hydrogens (tertiary/aromatic N) is 5. The molecular weight excluding hydrogens is 522 g/mol. The van der Waals surface area contributed by atoms with Gasteiger partial charge in [0, 0.05) is 24.3 Å². The van der Waals surface area contributed by atoms with E-state index >= 15 is 0 Å². The molecule has 1 aliphatic heterocycles. The maximum atomic E-state index is 6.36. The lowest BCUT2D eigenvalue weighted by atomic mass is 10.1. The Labute approximate surface area is 250 Å². The number of hydrogen-bond donors (Lipinski definition) is 0. The maximum Gasteiger partial charge on any atom is 0.183 e. The van der Waals surface area contributed by atoms with Crippen molar-refractivity contribution in [3.05, 3.63) is 77.7 Å². The molecule has 220 valence electrons. The maximum absolute atomic E-state index is 6.36. The molecule has 0 atom stereocenters. The lowest BCUT2D eigenvalue weighted by Gasteiger charge is -2.21. The molecule has 7 nitrogen and oxygen atoms in total. The van der Waals surface area contributed by atoms with E-state index in [1.807, 2.05) is 41.9 Å². The summed E-state index contributed by atoms with van der Waals surface area (Å²) in [5, 5.41) is 4.91. The zero-order valence-corrected chi connectivity index (χ0v) is 25.7. The van der Waals surface area contributed by atoms with Gasteiger partial charge in [-0.1, -0.05) is 51.2 Å². The summed E-state index contributed by atoms with van der Waals surface area (Å²) in [5.41, 5.74) is 6.57. The van der Waals surface area contributed by atoms with Gasteiger partial charge in [-0.15, -0.1) is 0 Å². The highest BCUT2D eigenvalue weighted by atomic mass is 16.5. The van der Waals surface area contributed by atoms with Gasteiger partial charge >= 0.3 is 0 Å². The first-order chi connectivity index (χ1) is 20.5. The summed E-state index contributed by atoms with van der Waals surface area (Å²) >= 11 is 0. The Morgan fingerprint density at radius 2 is 1.69 bits per heavy atom. The smallest absolute Gasteiger partial charge is 0.183 e. The molecule has 1 aliphatic rings. The average molecular weight is 566 g/mol. The molecule has 0 bridgehead atoms. The van der Waals surface area contributed by atoms with Crippen LogP contribution in [-0.4, -0.2) is 41.0 Å². The number of hydrogen-bond acceptors (Lipinski definition) is 6. The Morgan fingerprint density at radius 1 is 0.905 bits per heavy atom. The van der Waals surface area contributed by atoms with E-state index in [0.29, 0.717) is 12.4 Å². The summed E-state index contributed by atoms with van der Waals surface area (Å²) < 4.78 is 14.0. The molecule has 0 unspecified atom stereocenters. The molecule has 3 heterocycles. The number of ether oxygens (including phenoxy) is 1. The molecule has 2 aromatic heterocycles. The van der Waals surface area contributed by atoms with E-state index in [-0.39, 0.29) is 0 Å². The molecule has 0 fully saturated rings. The van der Waals surface area contributed by atoms with Gasteiger partial charge in [0.25, 0.3) is 0 Å². The van der Waals surface area contributed by atoms with Crippen LogP contribution < -0.4 is 9.64 Å². The van der Waals surface area contributed by atoms with Gasteiger partial charge < -0.3 is 14.1 Å². The first-order valence-electron chi connectivity index (χ1n) is 15.4. The quantitative estimate of drug-likeness (QED) is 0.143. The molecule has 0 saturated carbocycles. The molecule has 4 aromatic rings. The monoisotopic (exact) mass is 565 g/mol. The summed E-state index contributed by atoms with van der Waals surface area (Å²) in [6.07, 6.45) is 9.00. The predicted molar refractivity (Wildman–Crippen MR) is 173 cm³/mol. The van der Waals surface area contributed by atoms with E-state index in [2.05, 4.69) is 56.9 Å². The Balaban J connectivity index is 1.53. The molecule has 0 N–H and O–H groups in total. The summed E-state index contributed by atoms with van der Waals surface area (Å²) in [7, 11) is 0. The fourth-order valence-corrected chi connectivity index (χ4v) is 5.53. The van der Waals surface area contributed by atoms with E-state index in [4.69, 9.17) is 24.2 Å². The largest absolute Gasteiger partial charge is 0.493 e. The first kappa shape index (κ1) is 29.4. The summed E-state index contributed by atoms with van der Waals surface area (Å²) in [4.78, 5) is 12.7. The summed E-state index contributed by atoms with van der Waals surface area (Å²) in [6.45, 7) is 13.3. The van der Waals surface area contributed by atoms with E-state index in [0.717, 1.165) is 70.6 Å². The number of unbranched alkanes of at least 4 members (excludes halogenated alkanes) is 5. The molecule has 0 amide bonds. The molecule has 5 rings (SSSR count). The number of aromatic nitrogens is 2. The lowest BCUT2D eigenvalue weighted by Crippen LogP contribution is -2.22. The minimum Gasteiger partial charge on any atom is -0.493 e. The van der Waals surface area contributed by atoms with E-state index in [1.54, 1.807) is 6.26 Å². The topological polar surface area (TPSA) is 68.1 Å². The van der Waals surface area contributed by atoms with Crippen LogP contribution in [0.3, 0.4) is 0 Å². The van der Waals surface area contributed by atoms with Crippen molar-refractivity contribution in [1.29, 1.82) is 0 Å². The number of rotatable bonds is 14. The molecule has 0 spiro atoms. The zero-order valence-electron chi connectivity index (χ0n) is 25.7. The average Bonchev–Trinajstić information content (AvgIpc) is 3.71. The van der Waals surface area contributed by atoms with E-state index < -0.39 is 0 Å². The highest BCUT2D eigenvalue weighted by Crippen LogP contribution is 2.39. The number of fused-ring (bicyclic) bond motifs is 1. The summed E-state index contributed by atoms with van der Waals surface area (Å²) in [5.74, 6) is 2.96. The van der Waals surface area contributed by atoms with Gasteiger partial charge in [-0.05, 0) is 82.1 Å². The molecule has 42 heavy (non-hydrogen) atoms. The third-order valence-corrected chi connectivity index (χ3v) is 7.87. The standard InChI is InChI=1S/C35H43N5O2/c1-6-9-10-11-12-15-22-41-30-18-14-13-17-28(30)33-35(36-29-21-20-27(24-25(29)4)39(7-2)8-3)40-34(37-33)32(26(5)38-40)31-19-16-23-42-31/h13-14,16-21,23-24H,6-12,15,22H2,1-5H3. The van der Waals surface area contributed by atoms with Crippen LogP contribution in [0.5, 0.6) is 5.75 Å². The van der Waals surface area contributed by atoms with Crippen molar-refractivity contribution >= 4 is 28.7 Å². The Hall–Kier alpha value is -4.13. The van der Waals surface area contributed by atoms with Crippen LogP contribution in [0.25, 0.3) is 11.3 Å². The second kappa shape index (κ2) is 13.7. The molecular formula is C35H43N5O2. The van der Waals surface area contributed by atoms with Gasteiger partial charge in [-0.3, -0.25) is 0 Å². The number of aliphatic imine (C=N–C) groups is 2. The Kier molecular flexibility index (Phi) is 9.57. The molecule has 7 heteroatoms. The van der Waals surface area contributed by atoms with E-state index in [1.165, 1.54) is 37.8 Å². The predicted octanol–water partition coefficient (Wildman–Crippen LogP) is 9.06. The second-order valence-electron chi connectivity index (χ2n) is 10.8. The van der Waals surface area contributed by atoms with Crippen molar-refractivity contribution in [2.75, 3.05) is 24.6 Å². The molecule has 2 aromatic carbocycles. The number of aryl methyl sites for hydroxylation is 2. The van der Waals surface area contributed by atoms with Crippen LogP contribution >= 0.6 is 0 Å². The van der Waals surface area contributed by atoms with Gasteiger partial charge in [0.2, 0.25) is 0 Å². The van der Waals surface area contributed by atoms with E-state index in [9.17, 15) is 0 Å². The van der Waals surface area contributed by atoms with Crippen LogP contribution in [-0.2, 0) is 0 Å². The van der Waals surface area contributed by atoms with Gasteiger partial charge in [0.15, 0.2) is 11.7 Å². The SMILES string of the molecule is CCCCCCCCOc1ccccc1C1=Nc2c(-c3ccco3)c(C)nn2C1=Nc1ccc(N(CC)CC)cc1C. The number of anilines is 1. The zero-order chi connectivity index (χ0) is 29.5. The van der Waals surface area contributed by atoms with Crippen LogP contribution in [0.15, 0.2) is 75.3 Å². The number of furan rings is 1. The Bertz CT molecular complexity index is 1540. The summed E-state index contributed by atoms with van der Waals surface area (Å²) in [6, 6.07) is 18.4. The minimum atomic E-state index is 0.677. The van der Waals surface area contributed by atoms with Gasteiger partial charge in [0.1, 0.15) is 17.2 Å². The van der Waals surface area contributed by atoms with Crippen molar-refractivity contribution < 1.29 is 9.15 Å². The van der Waals surface area contributed by atoms with Crippen LogP contribution in [0.2, 0.25) is 0 Å². The molecule has 0 saturated heterocycles. The van der Waals surface area contributed by atoms with Gasteiger partial charge in [0.05, 0.1) is 29.8 Å². The second-order valence-corrected chi connectivity index (χ2v) is 10.8. The highest BCUT2D eigenvalue weighted by Gasteiger charge is 2.32. The number of benzene rings is 2. The number of para-hydroxylation sites is 1. The van der Waals surface area contributed by atoms with Crippen molar-refractivity contribution in [1.82, 2.24) is 9.78 Å². The fourth-order valence-electron chi connectivity index (χ4n) is 5.53. The van der Waals surface area contributed by atoms with Crippen molar-refractivity contribution in [2.24, 2.45) is 9.98 Å². The lowest BCUT2D eigenvalue weighted by molar-refractivity contribution is 0.304. The molecule has 0 radical (unpaired) electrons. The van der Waals surface area contributed by atoms with Crippen molar-refractivity contribution in [2.45, 2.75) is 73.1 Å². The van der Waals surface area contributed by atoms with Gasteiger partial charge in [-0.2, -0.15) is 9.78 Å². The minimum absolute atomic E-state index is 0.677. The van der Waals surface area contributed by atoms with Crippen LogP contribution in [0, 0.1) is 13.8 Å². The third-order valence-electron chi connectivity index (χ3n) is 7.87. The Morgan fingerprint density at radius 3 is 2.43 bits per heavy atom. The normalized spacial score (nSPS) is 13.5. The van der Waals surface area contributed by atoms with Gasteiger partial charge in [-0.25, -0.2) is 9.98 Å². The fraction of sp³-hybridized carbons (Fsp3) is 0.400. The van der Waals surface area contributed by atoms with Crippen LogP contribution in [0.4, 0.5) is 17.2 Å². The highest BCUT2D eigenvalue weighted by molar-refractivity contribution is 6.51.